The van der Waals surface area contributed by atoms with Crippen LogP contribution in [0.15, 0.2) is 39.7 Å². The Bertz CT molecular complexity index is 915. The van der Waals surface area contributed by atoms with Crippen molar-refractivity contribution in [2.75, 3.05) is 7.05 Å². The van der Waals surface area contributed by atoms with Crippen molar-refractivity contribution in [2.24, 2.45) is 0 Å². The van der Waals surface area contributed by atoms with Crippen LogP contribution in [0.3, 0.4) is 0 Å². The molecular weight excluding hydrogens is 466 g/mol. The van der Waals surface area contributed by atoms with Crippen LogP contribution in [0.25, 0.3) is 0 Å². The molecule has 11 heteroatoms. The summed E-state index contributed by atoms with van der Waals surface area (Å²) in [5.74, 6) is -0.675. The average Bonchev–Trinajstić information content (AvgIpc) is 2.49. The van der Waals surface area contributed by atoms with Gasteiger partial charge in [-0.15, -0.1) is 0 Å². The van der Waals surface area contributed by atoms with Crippen LogP contribution in [0.5, 0.6) is 11.5 Å². The van der Waals surface area contributed by atoms with Crippen LogP contribution in [0.1, 0.15) is 5.56 Å². The molecule has 0 saturated heterocycles. The first-order valence-corrected chi connectivity index (χ1v) is 9.54. The van der Waals surface area contributed by atoms with Gasteiger partial charge >= 0.3 is 5.51 Å². The van der Waals surface area contributed by atoms with E-state index >= 15 is 0 Å². The molecule has 0 spiro atoms. The average molecular weight is 477 g/mol. The van der Waals surface area contributed by atoms with Gasteiger partial charge in [-0.25, -0.2) is 12.8 Å². The first kappa shape index (κ1) is 20.9. The zero-order chi connectivity index (χ0) is 19.7. The molecule has 0 aliphatic carbocycles. The molecule has 0 atom stereocenters. The van der Waals surface area contributed by atoms with Gasteiger partial charge in [0, 0.05) is 23.2 Å². The molecule has 0 fully saturated rings. The van der Waals surface area contributed by atoms with Crippen LogP contribution in [0, 0.1) is 5.82 Å². The first-order chi connectivity index (χ1) is 12.0. The molecule has 2 aromatic carbocycles. The predicted molar refractivity (Wildman–Crippen MR) is 91.6 cm³/mol. The number of rotatable bonds is 5. The lowest BCUT2D eigenvalue weighted by Gasteiger charge is -2.17. The van der Waals surface area contributed by atoms with Crippen LogP contribution < -0.4 is 10.1 Å². The molecule has 0 aromatic heterocycles. The third-order valence-corrected chi connectivity index (χ3v) is 5.84. The van der Waals surface area contributed by atoms with Gasteiger partial charge in [0.15, 0.2) is 0 Å². The number of hydrogen-bond donors (Lipinski definition) is 1. The Morgan fingerprint density at radius 3 is 2.42 bits per heavy atom. The maximum absolute atomic E-state index is 13.4. The monoisotopic (exact) mass is 475 g/mol. The second-order valence-corrected chi connectivity index (χ2v) is 8.18. The molecular formula is C15H11BrClF4NO3S. The summed E-state index contributed by atoms with van der Waals surface area (Å²) < 4.78 is 81.1. The van der Waals surface area contributed by atoms with Gasteiger partial charge in [-0.2, -0.15) is 13.2 Å². The highest BCUT2D eigenvalue weighted by molar-refractivity contribution is 9.10. The minimum absolute atomic E-state index is 0.00181. The van der Waals surface area contributed by atoms with Gasteiger partial charge in [0.25, 0.3) is 9.84 Å². The van der Waals surface area contributed by atoms with Gasteiger partial charge in [0.2, 0.25) is 0 Å². The van der Waals surface area contributed by atoms with E-state index in [4.69, 9.17) is 16.3 Å². The van der Waals surface area contributed by atoms with E-state index in [1.807, 2.05) is 0 Å². The smallest absolute Gasteiger partial charge is 0.456 e. The summed E-state index contributed by atoms with van der Waals surface area (Å²) in [4.78, 5) is -0.907. The van der Waals surface area contributed by atoms with E-state index in [-0.39, 0.29) is 33.1 Å². The van der Waals surface area contributed by atoms with Gasteiger partial charge in [-0.05, 0) is 47.2 Å². The molecule has 2 aromatic rings. The van der Waals surface area contributed by atoms with E-state index in [9.17, 15) is 26.0 Å². The number of hydrogen-bond acceptors (Lipinski definition) is 4. The highest BCUT2D eigenvalue weighted by atomic mass is 79.9. The van der Waals surface area contributed by atoms with Crippen molar-refractivity contribution in [3.05, 3.63) is 51.2 Å². The van der Waals surface area contributed by atoms with Gasteiger partial charge < -0.3 is 10.1 Å². The van der Waals surface area contributed by atoms with Gasteiger partial charge in [-0.1, -0.05) is 11.6 Å². The summed E-state index contributed by atoms with van der Waals surface area (Å²) >= 11 is 8.79. The molecule has 0 unspecified atom stereocenters. The molecule has 26 heavy (non-hydrogen) atoms. The molecule has 142 valence electrons. The molecule has 0 aliphatic rings. The van der Waals surface area contributed by atoms with Crippen molar-refractivity contribution in [3.63, 3.8) is 0 Å². The summed E-state index contributed by atoms with van der Waals surface area (Å²) in [5, 5.41) is 2.66. The Morgan fingerprint density at radius 1 is 1.23 bits per heavy atom. The molecule has 0 bridgehead atoms. The zero-order valence-electron chi connectivity index (χ0n) is 13.0. The lowest BCUT2D eigenvalue weighted by atomic mass is 10.2. The number of halogens is 6. The van der Waals surface area contributed by atoms with E-state index in [2.05, 4.69) is 21.2 Å². The number of ether oxygens (including phenoxy) is 1. The summed E-state index contributed by atoms with van der Waals surface area (Å²) in [6, 6.07) is 5.21. The van der Waals surface area contributed by atoms with Crippen molar-refractivity contribution in [1.29, 1.82) is 0 Å². The lowest BCUT2D eigenvalue weighted by Crippen LogP contribution is -2.25. The maximum atomic E-state index is 13.4. The molecule has 0 amide bonds. The normalized spacial score (nSPS) is 12.3. The Balaban J connectivity index is 2.56. The van der Waals surface area contributed by atoms with Gasteiger partial charge in [-0.3, -0.25) is 0 Å². The summed E-state index contributed by atoms with van der Waals surface area (Å²) in [6.45, 7) is -0.188. The standard InChI is InChI=1S/C15H11BrClF4NO3S/c1-22-7-11-13(26(23,24)15(19,20)21)3-2-12(14(11)16)25-10-5-8(17)4-9(18)6-10/h2-6,22H,7H2,1H3. The largest absolute Gasteiger partial charge is 0.501 e. The highest BCUT2D eigenvalue weighted by Crippen LogP contribution is 2.40. The van der Waals surface area contributed by atoms with E-state index in [1.165, 1.54) is 13.1 Å². The van der Waals surface area contributed by atoms with Crippen LogP contribution >= 0.6 is 27.5 Å². The molecule has 4 nitrogen and oxygen atoms in total. The molecule has 0 saturated carbocycles. The minimum atomic E-state index is -5.56. The fourth-order valence-electron chi connectivity index (χ4n) is 2.09. The molecule has 0 radical (unpaired) electrons. The zero-order valence-corrected chi connectivity index (χ0v) is 16.2. The maximum Gasteiger partial charge on any atom is 0.501 e. The van der Waals surface area contributed by atoms with Crippen molar-refractivity contribution in [3.8, 4) is 11.5 Å². The Hall–Kier alpha value is -1.36. The van der Waals surface area contributed by atoms with Crippen LogP contribution in [0.2, 0.25) is 5.02 Å². The first-order valence-electron chi connectivity index (χ1n) is 6.88. The quantitative estimate of drug-likeness (QED) is 0.614. The topological polar surface area (TPSA) is 55.4 Å². The van der Waals surface area contributed by atoms with Crippen molar-refractivity contribution >= 4 is 37.4 Å². The minimum Gasteiger partial charge on any atom is -0.456 e. The number of alkyl halides is 3. The Morgan fingerprint density at radius 2 is 1.88 bits per heavy atom. The third-order valence-electron chi connectivity index (χ3n) is 3.18. The molecule has 1 N–H and O–H groups in total. The summed E-state index contributed by atoms with van der Waals surface area (Å²) in [5.41, 5.74) is -5.63. The lowest BCUT2D eigenvalue weighted by molar-refractivity contribution is -0.0436. The van der Waals surface area contributed by atoms with Crippen molar-refractivity contribution in [1.82, 2.24) is 5.32 Å². The fourth-order valence-corrected chi connectivity index (χ4v) is 4.00. The Kier molecular flexibility index (Phi) is 6.21. The van der Waals surface area contributed by atoms with Crippen molar-refractivity contribution in [2.45, 2.75) is 16.9 Å². The number of sulfone groups is 1. The van der Waals surface area contributed by atoms with Gasteiger partial charge in [0.1, 0.15) is 17.3 Å². The van der Waals surface area contributed by atoms with E-state index in [0.29, 0.717) is 0 Å². The highest BCUT2D eigenvalue weighted by Gasteiger charge is 2.48. The second-order valence-electron chi connectivity index (χ2n) is 5.04. The summed E-state index contributed by atoms with van der Waals surface area (Å²) in [7, 11) is -4.12. The fraction of sp³-hybridized carbons (Fsp3) is 0.200. The van der Waals surface area contributed by atoms with E-state index < -0.39 is 26.1 Å². The van der Waals surface area contributed by atoms with E-state index in [0.717, 1.165) is 24.3 Å². The SMILES string of the molecule is CNCc1c(S(=O)(=O)C(F)(F)F)ccc(Oc2cc(F)cc(Cl)c2)c1Br. The van der Waals surface area contributed by atoms with Gasteiger partial charge in [0.05, 0.1) is 9.37 Å². The second kappa shape index (κ2) is 7.71. The number of benzene rings is 2. The van der Waals surface area contributed by atoms with Crippen LogP contribution in [-0.4, -0.2) is 21.0 Å². The molecule has 0 heterocycles. The molecule has 2 rings (SSSR count). The Labute approximate surface area is 160 Å². The summed E-state index contributed by atoms with van der Waals surface area (Å²) in [6.07, 6.45) is 0. The number of nitrogens with one attached hydrogen (secondary N) is 1. The third kappa shape index (κ3) is 4.30. The predicted octanol–water partition coefficient (Wildman–Crippen LogP) is 5.05. The van der Waals surface area contributed by atoms with Crippen LogP contribution in [-0.2, 0) is 16.4 Å². The van der Waals surface area contributed by atoms with Crippen molar-refractivity contribution < 1.29 is 30.7 Å². The van der Waals surface area contributed by atoms with E-state index in [1.54, 1.807) is 0 Å². The molecule has 0 aliphatic heterocycles. The van der Waals surface area contributed by atoms with Crippen LogP contribution in [0.4, 0.5) is 17.6 Å².